The first kappa shape index (κ1) is 7.04. The van der Waals surface area contributed by atoms with E-state index in [9.17, 15) is 4.79 Å². The van der Waals surface area contributed by atoms with Gasteiger partial charge < -0.3 is 5.11 Å². The quantitative estimate of drug-likeness (QED) is 0.645. The fourth-order valence-corrected chi connectivity index (χ4v) is 1.08. The Morgan fingerprint density at radius 2 is 2.42 bits per heavy atom. The zero-order chi connectivity index (χ0) is 8.72. The van der Waals surface area contributed by atoms with Crippen LogP contribution < -0.4 is 0 Å². The molecule has 0 atom stereocenters. The molecule has 0 aromatic carbocycles. The molecule has 0 aliphatic carbocycles. The van der Waals surface area contributed by atoms with E-state index >= 15 is 0 Å². The van der Waals surface area contributed by atoms with Crippen LogP contribution in [-0.4, -0.2) is 36.1 Å². The molecule has 0 aliphatic heterocycles. The van der Waals surface area contributed by atoms with Gasteiger partial charge in [0.25, 0.3) is 5.78 Å². The monoisotopic (exact) mass is 187 g/mol. The van der Waals surface area contributed by atoms with E-state index in [2.05, 4.69) is 20.5 Å². The minimum atomic E-state index is -1.18. The van der Waals surface area contributed by atoms with Crippen molar-refractivity contribution >= 4 is 23.3 Å². The molecule has 0 amide bonds. The molecule has 2 N–H and O–H groups in total. The molecular weight excluding hydrogens is 186 g/mol. The average Bonchev–Trinajstić information content (AvgIpc) is 2.44. The first-order chi connectivity index (χ1) is 5.70. The third kappa shape index (κ3) is 0.766. The molecule has 2 rings (SSSR count). The summed E-state index contributed by atoms with van der Waals surface area (Å²) in [5.74, 6) is -1.05. The maximum atomic E-state index is 10.6. The summed E-state index contributed by atoms with van der Waals surface area (Å²) in [5.41, 5.74) is -0.170. The highest BCUT2D eigenvalue weighted by Crippen LogP contribution is 2.14. The number of hydrogen-bond donors (Lipinski definition) is 2. The predicted molar refractivity (Wildman–Crippen MR) is 37.1 cm³/mol. The zero-order valence-electron chi connectivity index (χ0n) is 5.52. The Morgan fingerprint density at radius 3 is 3.08 bits per heavy atom. The molecule has 2 aromatic rings. The van der Waals surface area contributed by atoms with Crippen LogP contribution in [0.15, 0.2) is 0 Å². The molecule has 2 aromatic heterocycles. The molecular formula is C4H2ClN5O2. The van der Waals surface area contributed by atoms with Crippen molar-refractivity contribution in [3.05, 3.63) is 10.8 Å². The average molecular weight is 188 g/mol. The number of carbonyl (C=O) groups is 1. The molecule has 0 radical (unpaired) electrons. The van der Waals surface area contributed by atoms with Gasteiger partial charge in [0.15, 0.2) is 10.8 Å². The van der Waals surface area contributed by atoms with Gasteiger partial charge in [0, 0.05) is 0 Å². The van der Waals surface area contributed by atoms with Crippen LogP contribution in [0.2, 0.25) is 5.15 Å². The molecule has 7 nitrogen and oxygen atoms in total. The van der Waals surface area contributed by atoms with E-state index in [1.54, 1.807) is 0 Å². The third-order valence-electron chi connectivity index (χ3n) is 1.30. The second-order valence-corrected chi connectivity index (χ2v) is 2.35. The largest absolute Gasteiger partial charge is 0.476 e. The Kier molecular flexibility index (Phi) is 1.28. The summed E-state index contributed by atoms with van der Waals surface area (Å²) in [6.07, 6.45) is 0. The van der Waals surface area contributed by atoms with Crippen LogP contribution in [0, 0.1) is 0 Å². The Morgan fingerprint density at radius 1 is 1.67 bits per heavy atom. The lowest BCUT2D eigenvalue weighted by atomic mass is 10.5. The highest BCUT2D eigenvalue weighted by atomic mass is 35.5. The van der Waals surface area contributed by atoms with Gasteiger partial charge in [-0.1, -0.05) is 16.7 Å². The van der Waals surface area contributed by atoms with Gasteiger partial charge in [-0.3, -0.25) is 0 Å². The Hall–Kier alpha value is -1.63. The number of aromatic nitrogens is 5. The molecule has 0 unspecified atom stereocenters. The van der Waals surface area contributed by atoms with Crippen molar-refractivity contribution in [2.45, 2.75) is 0 Å². The lowest BCUT2D eigenvalue weighted by Gasteiger charge is -1.88. The minimum Gasteiger partial charge on any atom is -0.476 e. The van der Waals surface area contributed by atoms with Crippen LogP contribution in [0.1, 0.15) is 10.5 Å². The number of nitrogens with one attached hydrogen (secondary N) is 1. The van der Waals surface area contributed by atoms with Gasteiger partial charge in [-0.2, -0.15) is 14.7 Å². The van der Waals surface area contributed by atoms with Crippen LogP contribution >= 0.6 is 11.6 Å². The number of H-pyrrole nitrogens is 1. The van der Waals surface area contributed by atoms with E-state index in [0.717, 1.165) is 4.52 Å². The van der Waals surface area contributed by atoms with E-state index in [4.69, 9.17) is 16.7 Å². The molecule has 8 heteroatoms. The number of halogens is 1. The molecule has 12 heavy (non-hydrogen) atoms. The maximum Gasteiger partial charge on any atom is 0.357 e. The second-order valence-electron chi connectivity index (χ2n) is 1.99. The number of carboxylic acids is 1. The Labute approximate surface area is 69.9 Å². The topological polar surface area (TPSA) is 96.2 Å². The number of tetrazole rings is 1. The number of aromatic amines is 1. The van der Waals surface area contributed by atoms with Gasteiger partial charge >= 0.3 is 5.97 Å². The van der Waals surface area contributed by atoms with Gasteiger partial charge in [0.2, 0.25) is 0 Å². The fourth-order valence-electron chi connectivity index (χ4n) is 0.840. The van der Waals surface area contributed by atoms with Crippen LogP contribution in [0.25, 0.3) is 5.78 Å². The number of nitrogens with zero attached hydrogens (tertiary/aromatic N) is 4. The number of rotatable bonds is 1. The number of hydrogen-bond acceptors (Lipinski definition) is 4. The van der Waals surface area contributed by atoms with Gasteiger partial charge in [-0.05, 0) is 5.21 Å². The lowest BCUT2D eigenvalue weighted by Crippen LogP contribution is -2.02. The second kappa shape index (κ2) is 2.18. The maximum absolute atomic E-state index is 10.6. The van der Waals surface area contributed by atoms with Crippen molar-refractivity contribution in [3.8, 4) is 0 Å². The Bertz CT molecular complexity index is 445. The number of carboxylic acid groups (broad SMARTS) is 1. The van der Waals surface area contributed by atoms with Crippen molar-refractivity contribution in [2.75, 3.05) is 0 Å². The summed E-state index contributed by atoms with van der Waals surface area (Å²) >= 11 is 5.50. The summed E-state index contributed by atoms with van der Waals surface area (Å²) in [5, 5.41) is 17.7. The van der Waals surface area contributed by atoms with Crippen LogP contribution in [-0.2, 0) is 0 Å². The standard InChI is InChI=1S/C4H2ClN5O2/c5-2-1(3(11)12)10-4(6-2)7-8-9-10/h(H,11,12)(H,6,7,9). The highest BCUT2D eigenvalue weighted by Gasteiger charge is 2.18. The van der Waals surface area contributed by atoms with Crippen molar-refractivity contribution in [1.29, 1.82) is 0 Å². The summed E-state index contributed by atoms with van der Waals surface area (Å²) in [7, 11) is 0. The van der Waals surface area contributed by atoms with Crippen molar-refractivity contribution in [3.63, 3.8) is 0 Å². The fraction of sp³-hybridized carbons (Fsp3) is 0. The third-order valence-corrected chi connectivity index (χ3v) is 1.57. The highest BCUT2D eigenvalue weighted by molar-refractivity contribution is 6.32. The molecule has 62 valence electrons. The van der Waals surface area contributed by atoms with Crippen molar-refractivity contribution < 1.29 is 9.90 Å². The van der Waals surface area contributed by atoms with Crippen LogP contribution in [0.3, 0.4) is 0 Å². The zero-order valence-corrected chi connectivity index (χ0v) is 6.28. The van der Waals surface area contributed by atoms with Gasteiger partial charge in [0.1, 0.15) is 0 Å². The molecule has 0 bridgehead atoms. The summed E-state index contributed by atoms with van der Waals surface area (Å²) in [6.45, 7) is 0. The normalized spacial score (nSPS) is 10.8. The Balaban J connectivity index is 2.84. The van der Waals surface area contributed by atoms with Gasteiger partial charge in [-0.25, -0.2) is 4.79 Å². The summed E-state index contributed by atoms with van der Waals surface area (Å²) < 4.78 is 1.09. The van der Waals surface area contributed by atoms with E-state index in [1.165, 1.54) is 0 Å². The molecule has 0 spiro atoms. The molecule has 2 heterocycles. The smallest absolute Gasteiger partial charge is 0.357 e. The number of fused-ring (bicyclic) bond motifs is 1. The minimum absolute atomic E-state index is 0.108. The predicted octanol–water partition coefficient (Wildman–Crippen LogP) is -0.196. The lowest BCUT2D eigenvalue weighted by molar-refractivity contribution is 0.0688. The first-order valence-electron chi connectivity index (χ1n) is 2.88. The molecule has 0 aliphatic rings. The first-order valence-corrected chi connectivity index (χ1v) is 3.26. The van der Waals surface area contributed by atoms with Gasteiger partial charge in [0.05, 0.1) is 0 Å². The number of imidazole rings is 1. The molecule has 0 saturated heterocycles. The van der Waals surface area contributed by atoms with Crippen molar-refractivity contribution in [2.24, 2.45) is 0 Å². The number of aromatic carboxylic acids is 1. The van der Waals surface area contributed by atoms with E-state index < -0.39 is 5.97 Å². The van der Waals surface area contributed by atoms with Crippen LogP contribution in [0.5, 0.6) is 0 Å². The van der Waals surface area contributed by atoms with Crippen molar-refractivity contribution in [1.82, 2.24) is 25.0 Å². The summed E-state index contributed by atoms with van der Waals surface area (Å²) in [4.78, 5) is 14.2. The SMILES string of the molecule is O=C(O)c1c(Cl)nc2nn[nH]n12. The summed E-state index contributed by atoms with van der Waals surface area (Å²) in [6, 6.07) is 0. The van der Waals surface area contributed by atoms with E-state index in [0.29, 0.717) is 0 Å². The molecule has 0 fully saturated rings. The van der Waals surface area contributed by atoms with Gasteiger partial charge in [-0.15, -0.1) is 0 Å². The molecule has 0 saturated carbocycles. The van der Waals surface area contributed by atoms with Crippen LogP contribution in [0.4, 0.5) is 0 Å². The van der Waals surface area contributed by atoms with E-state index in [-0.39, 0.29) is 16.6 Å². The van der Waals surface area contributed by atoms with E-state index in [1.807, 2.05) is 0 Å².